The minimum absolute atomic E-state index is 0.229. The van der Waals surface area contributed by atoms with E-state index in [2.05, 4.69) is 20.3 Å². The lowest BCUT2D eigenvalue weighted by atomic mass is 10.3. The number of amides is 2. The first kappa shape index (κ1) is 19.3. The zero-order valence-electron chi connectivity index (χ0n) is 13.5. The third-order valence-electron chi connectivity index (χ3n) is 2.87. The lowest BCUT2D eigenvalue weighted by molar-refractivity contribution is -0.140. The number of methoxy groups -OCH3 is 3. The first-order chi connectivity index (χ1) is 11.1. The Hall–Kier alpha value is -1.78. The molecular formula is C13H22N4O5S. The predicted octanol–water partition coefficient (Wildman–Crippen LogP) is 0.770. The molecule has 0 spiro atoms. The highest BCUT2D eigenvalue weighted by Gasteiger charge is 2.15. The normalized spacial score (nSPS) is 10.4. The van der Waals surface area contributed by atoms with Gasteiger partial charge < -0.3 is 19.1 Å². The Morgan fingerprint density at radius 3 is 2.35 bits per heavy atom. The van der Waals surface area contributed by atoms with Crippen LogP contribution in [0, 0.1) is 0 Å². The summed E-state index contributed by atoms with van der Waals surface area (Å²) < 4.78 is 14.5. The van der Waals surface area contributed by atoms with Crippen LogP contribution in [-0.4, -0.2) is 74.7 Å². The molecule has 0 aromatic carbocycles. The molecule has 1 N–H and O–H groups in total. The van der Waals surface area contributed by atoms with E-state index >= 15 is 0 Å². The molecule has 130 valence electrons. The van der Waals surface area contributed by atoms with Crippen LogP contribution in [0.3, 0.4) is 0 Å². The number of carbonyl (C=O) groups excluding carboxylic acids is 2. The molecule has 0 radical (unpaired) electrons. The fourth-order valence-corrected chi connectivity index (χ4v) is 2.33. The standard InChI is InChI=1S/C13H22N4O5S/c1-20-8-6-17(7-9-21-2)13(19)14-12-16-15-10(23-12)4-5-11(18)22-3/h4-9H2,1-3H3,(H,14,16,19). The van der Waals surface area contributed by atoms with Crippen LogP contribution in [0.4, 0.5) is 9.93 Å². The summed E-state index contributed by atoms with van der Waals surface area (Å²) in [4.78, 5) is 24.9. The number of aryl methyl sites for hydroxylation is 1. The van der Waals surface area contributed by atoms with E-state index < -0.39 is 0 Å². The molecular weight excluding hydrogens is 324 g/mol. The van der Waals surface area contributed by atoms with E-state index in [-0.39, 0.29) is 18.4 Å². The molecule has 23 heavy (non-hydrogen) atoms. The van der Waals surface area contributed by atoms with Gasteiger partial charge in [-0.1, -0.05) is 11.3 Å². The maximum atomic E-state index is 12.2. The van der Waals surface area contributed by atoms with Gasteiger partial charge in [0.15, 0.2) is 0 Å². The monoisotopic (exact) mass is 346 g/mol. The van der Waals surface area contributed by atoms with Crippen molar-refractivity contribution in [1.82, 2.24) is 15.1 Å². The first-order valence-electron chi connectivity index (χ1n) is 7.03. The number of esters is 1. The van der Waals surface area contributed by atoms with Gasteiger partial charge in [-0.25, -0.2) is 4.79 Å². The summed E-state index contributed by atoms with van der Waals surface area (Å²) in [5, 5.41) is 11.6. The van der Waals surface area contributed by atoms with Crippen molar-refractivity contribution in [2.24, 2.45) is 0 Å². The minimum atomic E-state index is -0.309. The number of hydrogen-bond donors (Lipinski definition) is 1. The summed E-state index contributed by atoms with van der Waals surface area (Å²) in [7, 11) is 4.48. The number of hydrogen-bond acceptors (Lipinski definition) is 8. The predicted molar refractivity (Wildman–Crippen MR) is 84.6 cm³/mol. The van der Waals surface area contributed by atoms with Crippen molar-refractivity contribution < 1.29 is 23.8 Å². The SMILES string of the molecule is COCCN(CCOC)C(=O)Nc1nnc(CCC(=O)OC)s1. The van der Waals surface area contributed by atoms with Gasteiger partial charge in [-0.3, -0.25) is 10.1 Å². The smallest absolute Gasteiger partial charge is 0.323 e. The molecule has 0 fully saturated rings. The maximum Gasteiger partial charge on any atom is 0.323 e. The van der Waals surface area contributed by atoms with Gasteiger partial charge in [-0.15, -0.1) is 10.2 Å². The van der Waals surface area contributed by atoms with Crippen LogP contribution >= 0.6 is 11.3 Å². The molecule has 1 rings (SSSR count). The molecule has 10 heteroatoms. The highest BCUT2D eigenvalue weighted by Crippen LogP contribution is 2.17. The Kier molecular flexibility index (Phi) is 9.10. The van der Waals surface area contributed by atoms with Crippen LogP contribution < -0.4 is 5.32 Å². The van der Waals surface area contributed by atoms with Crippen molar-refractivity contribution in [2.75, 3.05) is 52.9 Å². The molecule has 0 aliphatic carbocycles. The molecule has 0 aliphatic heterocycles. The van der Waals surface area contributed by atoms with Crippen LogP contribution in [0.1, 0.15) is 11.4 Å². The second-order valence-electron chi connectivity index (χ2n) is 4.48. The first-order valence-corrected chi connectivity index (χ1v) is 7.85. The third kappa shape index (κ3) is 7.35. The molecule has 0 saturated heterocycles. The number of nitrogens with one attached hydrogen (secondary N) is 1. The number of anilines is 1. The summed E-state index contributed by atoms with van der Waals surface area (Å²) in [6, 6.07) is -0.297. The van der Waals surface area contributed by atoms with Gasteiger partial charge in [0.25, 0.3) is 0 Å². The van der Waals surface area contributed by atoms with Crippen LogP contribution in [0.25, 0.3) is 0 Å². The zero-order valence-corrected chi connectivity index (χ0v) is 14.4. The van der Waals surface area contributed by atoms with Crippen LogP contribution in [0.2, 0.25) is 0 Å². The Labute approximate surface area is 138 Å². The maximum absolute atomic E-state index is 12.2. The Morgan fingerprint density at radius 1 is 1.13 bits per heavy atom. The number of aromatic nitrogens is 2. The molecule has 0 unspecified atom stereocenters. The lowest BCUT2D eigenvalue weighted by Gasteiger charge is -2.21. The Bertz CT molecular complexity index is 488. The van der Waals surface area contributed by atoms with E-state index in [9.17, 15) is 9.59 Å². The van der Waals surface area contributed by atoms with Crippen molar-refractivity contribution in [3.05, 3.63) is 5.01 Å². The second-order valence-corrected chi connectivity index (χ2v) is 5.54. The van der Waals surface area contributed by atoms with Crippen LogP contribution in [0.15, 0.2) is 0 Å². The quantitative estimate of drug-likeness (QED) is 0.624. The van der Waals surface area contributed by atoms with Crippen molar-refractivity contribution in [3.63, 3.8) is 0 Å². The Balaban J connectivity index is 2.53. The topological polar surface area (TPSA) is 103 Å². The third-order valence-corrected chi connectivity index (χ3v) is 3.77. The fourth-order valence-electron chi connectivity index (χ4n) is 1.60. The fraction of sp³-hybridized carbons (Fsp3) is 0.692. The second kappa shape index (κ2) is 10.9. The van der Waals surface area contributed by atoms with Gasteiger partial charge in [0.2, 0.25) is 5.13 Å². The van der Waals surface area contributed by atoms with E-state index in [0.717, 1.165) is 0 Å². The number of nitrogens with zero attached hydrogens (tertiary/aromatic N) is 3. The molecule has 1 aromatic heterocycles. The average molecular weight is 346 g/mol. The van der Waals surface area contributed by atoms with Crippen molar-refractivity contribution in [3.8, 4) is 0 Å². The molecule has 0 atom stereocenters. The lowest BCUT2D eigenvalue weighted by Crippen LogP contribution is -2.39. The molecule has 1 aromatic rings. The van der Waals surface area contributed by atoms with Gasteiger partial charge >= 0.3 is 12.0 Å². The number of rotatable bonds is 10. The molecule has 1 heterocycles. The van der Waals surface area contributed by atoms with Gasteiger partial charge in [0, 0.05) is 33.7 Å². The van der Waals surface area contributed by atoms with Crippen molar-refractivity contribution in [1.29, 1.82) is 0 Å². The summed E-state index contributed by atoms with van der Waals surface area (Å²) in [5.41, 5.74) is 0. The number of ether oxygens (including phenoxy) is 3. The van der Waals surface area contributed by atoms with E-state index in [4.69, 9.17) is 9.47 Å². The molecule has 2 amide bonds. The van der Waals surface area contributed by atoms with Gasteiger partial charge in [-0.2, -0.15) is 0 Å². The van der Waals surface area contributed by atoms with Gasteiger partial charge in [0.05, 0.1) is 26.7 Å². The van der Waals surface area contributed by atoms with E-state index in [1.54, 1.807) is 19.1 Å². The van der Waals surface area contributed by atoms with E-state index in [1.807, 2.05) is 0 Å². The molecule has 0 saturated carbocycles. The zero-order chi connectivity index (χ0) is 17.1. The van der Waals surface area contributed by atoms with Gasteiger partial charge in [0.1, 0.15) is 5.01 Å². The average Bonchev–Trinajstić information content (AvgIpc) is 3.00. The number of urea groups is 1. The summed E-state index contributed by atoms with van der Waals surface area (Å²) in [6.07, 6.45) is 0.657. The largest absolute Gasteiger partial charge is 0.469 e. The van der Waals surface area contributed by atoms with E-state index in [0.29, 0.717) is 42.9 Å². The number of carbonyl (C=O) groups is 2. The van der Waals surface area contributed by atoms with Crippen LogP contribution in [0.5, 0.6) is 0 Å². The minimum Gasteiger partial charge on any atom is -0.469 e. The highest BCUT2D eigenvalue weighted by atomic mass is 32.1. The Morgan fingerprint density at radius 2 is 1.78 bits per heavy atom. The van der Waals surface area contributed by atoms with Crippen molar-refractivity contribution >= 4 is 28.5 Å². The van der Waals surface area contributed by atoms with E-state index in [1.165, 1.54) is 18.4 Å². The summed E-state index contributed by atoms with van der Waals surface area (Å²) >= 11 is 1.23. The molecule has 0 aliphatic rings. The van der Waals surface area contributed by atoms with Gasteiger partial charge in [-0.05, 0) is 0 Å². The van der Waals surface area contributed by atoms with Crippen molar-refractivity contribution in [2.45, 2.75) is 12.8 Å². The summed E-state index contributed by atoms with van der Waals surface area (Å²) in [5.74, 6) is -0.309. The highest BCUT2D eigenvalue weighted by molar-refractivity contribution is 7.15. The molecule has 9 nitrogen and oxygen atoms in total. The summed E-state index contributed by atoms with van der Waals surface area (Å²) in [6.45, 7) is 1.74. The van der Waals surface area contributed by atoms with Crippen LogP contribution in [-0.2, 0) is 25.4 Å². The molecule has 0 bridgehead atoms.